The molecule has 3 unspecified atom stereocenters. The largest absolute Gasteiger partial charge is 0.396 e. The van der Waals surface area contributed by atoms with E-state index in [9.17, 15) is 0 Å². The fraction of sp³-hybridized carbons (Fsp3) is 1.00. The van der Waals surface area contributed by atoms with Crippen LogP contribution in [0.1, 0.15) is 0 Å². The zero-order valence-corrected chi connectivity index (χ0v) is 5.83. The van der Waals surface area contributed by atoms with Crippen LogP contribution in [0.15, 0.2) is 0 Å². The number of nitrogens with one attached hydrogen (secondary N) is 1. The highest BCUT2D eigenvalue weighted by molar-refractivity contribution is 4.92. The average Bonchev–Trinajstić information content (AvgIpc) is 2.30. The number of aliphatic hydroxyl groups excluding tert-OH is 2. The Bertz CT molecular complexity index is 97.9. The summed E-state index contributed by atoms with van der Waals surface area (Å²) in [5.41, 5.74) is 5.66. The summed E-state index contributed by atoms with van der Waals surface area (Å²) in [6, 6.07) is -0.132. The summed E-state index contributed by atoms with van der Waals surface area (Å²) in [7, 11) is 0. The summed E-state index contributed by atoms with van der Waals surface area (Å²) in [5.74, 6) is 0.108. The zero-order chi connectivity index (χ0) is 7.56. The lowest BCUT2D eigenvalue weighted by molar-refractivity contribution is 0.206. The van der Waals surface area contributed by atoms with Crippen LogP contribution < -0.4 is 11.1 Å². The molecule has 0 aromatic heterocycles. The highest BCUT2D eigenvalue weighted by Crippen LogP contribution is 2.11. The molecular formula is C6H14N2O2. The van der Waals surface area contributed by atoms with Gasteiger partial charge < -0.3 is 21.3 Å². The van der Waals surface area contributed by atoms with E-state index in [0.717, 1.165) is 0 Å². The van der Waals surface area contributed by atoms with Crippen molar-refractivity contribution < 1.29 is 10.2 Å². The molecular weight excluding hydrogens is 132 g/mol. The van der Waals surface area contributed by atoms with Crippen molar-refractivity contribution in [2.45, 2.75) is 12.1 Å². The van der Waals surface area contributed by atoms with E-state index in [0.29, 0.717) is 6.54 Å². The van der Waals surface area contributed by atoms with Crippen molar-refractivity contribution in [1.82, 2.24) is 5.32 Å². The normalized spacial score (nSPS) is 40.5. The Balaban J connectivity index is 2.41. The molecule has 1 aliphatic rings. The highest BCUT2D eigenvalue weighted by Gasteiger charge is 2.31. The third kappa shape index (κ3) is 1.29. The molecule has 4 nitrogen and oxygen atoms in total. The van der Waals surface area contributed by atoms with Crippen LogP contribution in [0.4, 0.5) is 0 Å². The summed E-state index contributed by atoms with van der Waals surface area (Å²) in [6.07, 6.45) is 0. The summed E-state index contributed by atoms with van der Waals surface area (Å²) in [4.78, 5) is 0. The minimum Gasteiger partial charge on any atom is -0.396 e. The Labute approximate surface area is 60.0 Å². The number of nitrogens with two attached hydrogens (primary N) is 1. The van der Waals surface area contributed by atoms with Crippen LogP contribution in [0.25, 0.3) is 0 Å². The Morgan fingerprint density at radius 1 is 1.40 bits per heavy atom. The van der Waals surface area contributed by atoms with Gasteiger partial charge in [0.05, 0.1) is 6.61 Å². The predicted octanol–water partition coefficient (Wildman–Crippen LogP) is -2.11. The number of rotatable bonds is 2. The van der Waals surface area contributed by atoms with E-state index in [4.69, 9.17) is 15.9 Å². The third-order valence-electron chi connectivity index (χ3n) is 2.08. The fourth-order valence-corrected chi connectivity index (χ4v) is 1.28. The SMILES string of the molecule is NC1C(CO)CNC1CO. The van der Waals surface area contributed by atoms with E-state index < -0.39 is 0 Å². The van der Waals surface area contributed by atoms with Gasteiger partial charge in [0, 0.05) is 31.2 Å². The zero-order valence-electron chi connectivity index (χ0n) is 5.83. The molecule has 1 saturated heterocycles. The van der Waals surface area contributed by atoms with Gasteiger partial charge in [0.25, 0.3) is 0 Å². The van der Waals surface area contributed by atoms with Gasteiger partial charge in [-0.3, -0.25) is 0 Å². The second-order valence-corrected chi connectivity index (χ2v) is 2.72. The summed E-state index contributed by atoms with van der Waals surface area (Å²) < 4.78 is 0. The third-order valence-corrected chi connectivity index (χ3v) is 2.08. The Hall–Kier alpha value is -0.160. The molecule has 10 heavy (non-hydrogen) atoms. The van der Waals surface area contributed by atoms with E-state index in [-0.39, 0.29) is 31.2 Å². The molecule has 1 aliphatic heterocycles. The maximum absolute atomic E-state index is 8.75. The van der Waals surface area contributed by atoms with E-state index in [1.807, 2.05) is 0 Å². The maximum Gasteiger partial charge on any atom is 0.0599 e. The standard InChI is InChI=1S/C6H14N2O2/c7-6-4(2-9)1-8-5(6)3-10/h4-6,8-10H,1-3,7H2. The highest BCUT2D eigenvalue weighted by atomic mass is 16.3. The first-order valence-corrected chi connectivity index (χ1v) is 3.50. The molecule has 0 spiro atoms. The molecule has 4 heteroatoms. The lowest BCUT2D eigenvalue weighted by Gasteiger charge is -2.15. The minimum absolute atomic E-state index is 0.0304. The predicted molar refractivity (Wildman–Crippen MR) is 37.4 cm³/mol. The van der Waals surface area contributed by atoms with Crippen LogP contribution in [0.5, 0.6) is 0 Å². The molecule has 0 radical (unpaired) electrons. The van der Waals surface area contributed by atoms with E-state index in [1.54, 1.807) is 0 Å². The van der Waals surface area contributed by atoms with Gasteiger partial charge in [-0.1, -0.05) is 0 Å². The van der Waals surface area contributed by atoms with Crippen molar-refractivity contribution in [2.75, 3.05) is 19.8 Å². The van der Waals surface area contributed by atoms with Gasteiger partial charge in [-0.15, -0.1) is 0 Å². The molecule has 3 atom stereocenters. The van der Waals surface area contributed by atoms with Gasteiger partial charge in [0.2, 0.25) is 0 Å². The molecule has 0 amide bonds. The molecule has 1 fully saturated rings. The molecule has 0 aromatic rings. The van der Waals surface area contributed by atoms with Crippen molar-refractivity contribution in [1.29, 1.82) is 0 Å². The first kappa shape index (κ1) is 7.94. The van der Waals surface area contributed by atoms with Gasteiger partial charge in [0.15, 0.2) is 0 Å². The van der Waals surface area contributed by atoms with Crippen LogP contribution in [-0.4, -0.2) is 42.1 Å². The Morgan fingerprint density at radius 3 is 2.40 bits per heavy atom. The van der Waals surface area contributed by atoms with Gasteiger partial charge in [0.1, 0.15) is 0 Å². The monoisotopic (exact) mass is 146 g/mol. The molecule has 5 N–H and O–H groups in total. The number of aliphatic hydroxyl groups is 2. The average molecular weight is 146 g/mol. The van der Waals surface area contributed by atoms with Crippen LogP contribution in [0, 0.1) is 5.92 Å². The fourth-order valence-electron chi connectivity index (χ4n) is 1.28. The van der Waals surface area contributed by atoms with Gasteiger partial charge in [-0.25, -0.2) is 0 Å². The van der Waals surface area contributed by atoms with Crippen molar-refractivity contribution in [3.63, 3.8) is 0 Å². The maximum atomic E-state index is 8.75. The van der Waals surface area contributed by atoms with Crippen molar-refractivity contribution in [3.8, 4) is 0 Å². The first-order chi connectivity index (χ1) is 4.79. The van der Waals surface area contributed by atoms with Crippen LogP contribution in [0.3, 0.4) is 0 Å². The minimum atomic E-state index is -0.102. The topological polar surface area (TPSA) is 78.5 Å². The lowest BCUT2D eigenvalue weighted by Crippen LogP contribution is -2.41. The van der Waals surface area contributed by atoms with E-state index in [1.165, 1.54) is 0 Å². The second kappa shape index (κ2) is 3.30. The second-order valence-electron chi connectivity index (χ2n) is 2.72. The van der Waals surface area contributed by atoms with Crippen LogP contribution in [0.2, 0.25) is 0 Å². The summed E-state index contributed by atoms with van der Waals surface area (Å²) in [5, 5.41) is 20.5. The van der Waals surface area contributed by atoms with Gasteiger partial charge in [-0.2, -0.15) is 0 Å². The first-order valence-electron chi connectivity index (χ1n) is 3.50. The molecule has 0 saturated carbocycles. The smallest absolute Gasteiger partial charge is 0.0599 e. The van der Waals surface area contributed by atoms with Crippen molar-refractivity contribution >= 4 is 0 Å². The molecule has 0 bridgehead atoms. The lowest BCUT2D eigenvalue weighted by atomic mass is 10.0. The van der Waals surface area contributed by atoms with Crippen molar-refractivity contribution in [3.05, 3.63) is 0 Å². The van der Waals surface area contributed by atoms with Crippen LogP contribution >= 0.6 is 0 Å². The molecule has 0 aromatic carbocycles. The summed E-state index contributed by atoms with van der Waals surface area (Å²) in [6.45, 7) is 0.866. The van der Waals surface area contributed by atoms with E-state index in [2.05, 4.69) is 5.32 Å². The van der Waals surface area contributed by atoms with Gasteiger partial charge >= 0.3 is 0 Å². The molecule has 1 rings (SSSR count). The molecule has 60 valence electrons. The molecule has 0 aliphatic carbocycles. The number of hydrogen-bond donors (Lipinski definition) is 4. The van der Waals surface area contributed by atoms with E-state index >= 15 is 0 Å². The Morgan fingerprint density at radius 2 is 2.10 bits per heavy atom. The van der Waals surface area contributed by atoms with Gasteiger partial charge in [-0.05, 0) is 0 Å². The van der Waals surface area contributed by atoms with Crippen LogP contribution in [-0.2, 0) is 0 Å². The summed E-state index contributed by atoms with van der Waals surface area (Å²) >= 11 is 0. The Kier molecular flexibility index (Phi) is 2.62. The van der Waals surface area contributed by atoms with Crippen molar-refractivity contribution in [2.24, 2.45) is 11.7 Å². The number of hydrogen-bond acceptors (Lipinski definition) is 4. The molecule has 1 heterocycles. The quantitative estimate of drug-likeness (QED) is 0.359.